The van der Waals surface area contributed by atoms with Crippen molar-refractivity contribution in [2.45, 2.75) is 6.42 Å². The molecule has 1 amide bonds. The van der Waals surface area contributed by atoms with Gasteiger partial charge in [-0.05, 0) is 36.2 Å². The Labute approximate surface area is 155 Å². The molecule has 0 bridgehead atoms. The highest BCUT2D eigenvalue weighted by Gasteiger charge is 2.18. The number of methoxy groups -OCH3 is 1. The predicted octanol–water partition coefficient (Wildman–Crippen LogP) is 2.12. The molecule has 0 atom stereocenters. The van der Waals surface area contributed by atoms with Crippen LogP contribution in [0.1, 0.15) is 16.1 Å². The molecule has 1 aromatic heterocycles. The third kappa shape index (κ3) is 4.33. The number of carbonyl (C=O) groups is 1. The maximum absolute atomic E-state index is 12.4. The van der Waals surface area contributed by atoms with Gasteiger partial charge in [0.2, 0.25) is 5.75 Å². The van der Waals surface area contributed by atoms with Crippen LogP contribution < -0.4 is 15.6 Å². The van der Waals surface area contributed by atoms with Crippen LogP contribution in [-0.2, 0) is 6.42 Å². The Bertz CT molecular complexity index is 982. The van der Waals surface area contributed by atoms with E-state index in [1.807, 2.05) is 30.3 Å². The lowest BCUT2D eigenvalue weighted by atomic mass is 10.1. The van der Waals surface area contributed by atoms with E-state index >= 15 is 0 Å². The highest BCUT2D eigenvalue weighted by Crippen LogP contribution is 2.20. The molecule has 138 valence electrons. The van der Waals surface area contributed by atoms with Gasteiger partial charge in [0.25, 0.3) is 11.5 Å². The number of aromatic amines is 1. The number of hydrogen-bond donors (Lipinski definition) is 3. The average molecular weight is 365 g/mol. The number of H-pyrrole nitrogens is 1. The lowest BCUT2D eigenvalue weighted by Gasteiger charge is -2.08. The number of benzene rings is 2. The third-order valence-corrected chi connectivity index (χ3v) is 4.02. The summed E-state index contributed by atoms with van der Waals surface area (Å²) in [5.41, 5.74) is 0.577. The monoisotopic (exact) mass is 365 g/mol. The molecule has 0 spiro atoms. The van der Waals surface area contributed by atoms with Gasteiger partial charge in [0.05, 0.1) is 7.11 Å². The number of aromatic hydroxyl groups is 1. The molecule has 0 fully saturated rings. The second kappa shape index (κ2) is 8.18. The van der Waals surface area contributed by atoms with Gasteiger partial charge in [-0.3, -0.25) is 9.59 Å². The van der Waals surface area contributed by atoms with Gasteiger partial charge in [-0.25, -0.2) is 4.98 Å². The van der Waals surface area contributed by atoms with Crippen LogP contribution in [0.4, 0.5) is 0 Å². The zero-order valence-corrected chi connectivity index (χ0v) is 14.7. The minimum absolute atomic E-state index is 0.189. The summed E-state index contributed by atoms with van der Waals surface area (Å²) in [7, 11) is 1.55. The number of nitrogens with one attached hydrogen (secondary N) is 2. The van der Waals surface area contributed by atoms with Gasteiger partial charge in [0.1, 0.15) is 11.6 Å². The quantitative estimate of drug-likeness (QED) is 0.621. The second-order valence-corrected chi connectivity index (χ2v) is 5.83. The third-order valence-electron chi connectivity index (χ3n) is 4.02. The van der Waals surface area contributed by atoms with Crippen molar-refractivity contribution in [3.63, 3.8) is 0 Å². The zero-order valence-electron chi connectivity index (χ0n) is 14.7. The van der Waals surface area contributed by atoms with E-state index in [4.69, 9.17) is 4.74 Å². The Balaban J connectivity index is 1.78. The first kappa shape index (κ1) is 18.2. The molecule has 3 N–H and O–H groups in total. The first-order valence-electron chi connectivity index (χ1n) is 8.38. The van der Waals surface area contributed by atoms with E-state index in [9.17, 15) is 14.7 Å². The first-order valence-corrected chi connectivity index (χ1v) is 8.38. The Morgan fingerprint density at radius 3 is 2.52 bits per heavy atom. The maximum Gasteiger partial charge on any atom is 0.294 e. The van der Waals surface area contributed by atoms with Crippen molar-refractivity contribution in [2.75, 3.05) is 13.7 Å². The molecule has 0 aliphatic carbocycles. The summed E-state index contributed by atoms with van der Waals surface area (Å²) < 4.78 is 5.09. The molecule has 7 heteroatoms. The van der Waals surface area contributed by atoms with Crippen molar-refractivity contribution < 1.29 is 14.6 Å². The van der Waals surface area contributed by atoms with Crippen molar-refractivity contribution in [1.82, 2.24) is 15.3 Å². The molecule has 2 aromatic carbocycles. The van der Waals surface area contributed by atoms with Crippen LogP contribution in [0.5, 0.6) is 11.5 Å². The zero-order chi connectivity index (χ0) is 19.2. The predicted molar refractivity (Wildman–Crippen MR) is 101 cm³/mol. The van der Waals surface area contributed by atoms with Crippen molar-refractivity contribution in [3.8, 4) is 22.9 Å². The number of nitrogens with zero attached hydrogens (tertiary/aromatic N) is 1. The van der Waals surface area contributed by atoms with Crippen molar-refractivity contribution >= 4 is 5.91 Å². The van der Waals surface area contributed by atoms with Gasteiger partial charge in [-0.1, -0.05) is 30.3 Å². The molecule has 3 aromatic rings. The lowest BCUT2D eigenvalue weighted by molar-refractivity contribution is 0.0946. The SMILES string of the molecule is COc1ccc(-c2nc(C(=O)NCCc3ccccc3)c(O)c(=O)[nH]2)cc1. The van der Waals surface area contributed by atoms with Crippen molar-refractivity contribution in [1.29, 1.82) is 0 Å². The highest BCUT2D eigenvalue weighted by atomic mass is 16.5. The van der Waals surface area contributed by atoms with Gasteiger partial charge in [0.15, 0.2) is 5.69 Å². The van der Waals surface area contributed by atoms with Crippen LogP contribution in [0.3, 0.4) is 0 Å². The number of aromatic nitrogens is 2. The molecule has 1 heterocycles. The normalized spacial score (nSPS) is 10.4. The molecule has 27 heavy (non-hydrogen) atoms. The summed E-state index contributed by atoms with van der Waals surface area (Å²) in [4.78, 5) is 31.0. The summed E-state index contributed by atoms with van der Waals surface area (Å²) in [5, 5.41) is 12.6. The molecule has 0 aliphatic heterocycles. The van der Waals surface area contributed by atoms with Crippen LogP contribution in [0.25, 0.3) is 11.4 Å². The van der Waals surface area contributed by atoms with Gasteiger partial charge in [-0.15, -0.1) is 0 Å². The molecule has 0 saturated heterocycles. The average Bonchev–Trinajstić information content (AvgIpc) is 2.70. The van der Waals surface area contributed by atoms with E-state index in [1.54, 1.807) is 31.4 Å². The number of rotatable bonds is 6. The molecule has 0 unspecified atom stereocenters. The summed E-state index contributed by atoms with van der Waals surface area (Å²) in [6.07, 6.45) is 0.627. The Morgan fingerprint density at radius 1 is 1.15 bits per heavy atom. The van der Waals surface area contributed by atoms with Gasteiger partial charge >= 0.3 is 0 Å². The maximum atomic E-state index is 12.4. The Kier molecular flexibility index (Phi) is 5.51. The van der Waals surface area contributed by atoms with E-state index in [-0.39, 0.29) is 11.5 Å². The highest BCUT2D eigenvalue weighted by molar-refractivity contribution is 5.95. The van der Waals surface area contributed by atoms with Crippen LogP contribution in [0, 0.1) is 0 Å². The summed E-state index contributed by atoms with van der Waals surface area (Å²) in [5.74, 6) is -0.471. The number of ether oxygens (including phenoxy) is 1. The molecular formula is C20H19N3O4. The van der Waals surface area contributed by atoms with Crippen molar-refractivity contribution in [3.05, 3.63) is 76.2 Å². The Hall–Kier alpha value is -3.61. The van der Waals surface area contributed by atoms with Crippen LogP contribution >= 0.6 is 0 Å². The van der Waals surface area contributed by atoms with Gasteiger partial charge in [0, 0.05) is 12.1 Å². The molecule has 0 saturated carbocycles. The van der Waals surface area contributed by atoms with E-state index in [1.165, 1.54) is 0 Å². The van der Waals surface area contributed by atoms with Gasteiger partial charge < -0.3 is 20.1 Å². The number of amides is 1. The smallest absolute Gasteiger partial charge is 0.294 e. The number of carbonyl (C=O) groups excluding carboxylic acids is 1. The number of hydrogen-bond acceptors (Lipinski definition) is 5. The van der Waals surface area contributed by atoms with Crippen LogP contribution in [0.15, 0.2) is 59.4 Å². The van der Waals surface area contributed by atoms with E-state index < -0.39 is 17.2 Å². The van der Waals surface area contributed by atoms with E-state index in [2.05, 4.69) is 15.3 Å². The van der Waals surface area contributed by atoms with Crippen LogP contribution in [0.2, 0.25) is 0 Å². The van der Waals surface area contributed by atoms with Crippen LogP contribution in [-0.4, -0.2) is 34.6 Å². The van der Waals surface area contributed by atoms with Gasteiger partial charge in [-0.2, -0.15) is 0 Å². The standard InChI is InChI=1S/C20H19N3O4/c1-27-15-9-7-14(8-10-15)18-22-16(17(24)20(26)23-18)19(25)21-12-11-13-5-3-2-4-6-13/h2-10,24H,11-12H2,1H3,(H,21,25)(H,22,23,26). The molecule has 0 aliphatic rings. The minimum atomic E-state index is -0.774. The topological polar surface area (TPSA) is 104 Å². The van der Waals surface area contributed by atoms with Crippen molar-refractivity contribution in [2.24, 2.45) is 0 Å². The fraction of sp³-hybridized carbons (Fsp3) is 0.150. The fourth-order valence-electron chi connectivity index (χ4n) is 2.56. The molecule has 3 rings (SSSR count). The summed E-state index contributed by atoms with van der Waals surface area (Å²) in [6.45, 7) is 0.356. The van der Waals surface area contributed by atoms with E-state index in [0.717, 1.165) is 5.56 Å². The summed E-state index contributed by atoms with van der Waals surface area (Å²) in [6, 6.07) is 16.5. The molecule has 0 radical (unpaired) electrons. The summed E-state index contributed by atoms with van der Waals surface area (Å²) >= 11 is 0. The molecule has 7 nitrogen and oxygen atoms in total. The second-order valence-electron chi connectivity index (χ2n) is 5.83. The first-order chi connectivity index (χ1) is 13.1. The van der Waals surface area contributed by atoms with E-state index in [0.29, 0.717) is 24.3 Å². The Morgan fingerprint density at radius 2 is 1.85 bits per heavy atom. The largest absolute Gasteiger partial charge is 0.501 e. The minimum Gasteiger partial charge on any atom is -0.501 e. The lowest BCUT2D eigenvalue weighted by Crippen LogP contribution is -2.28. The molecular weight excluding hydrogens is 346 g/mol. The fourth-order valence-corrected chi connectivity index (χ4v) is 2.56.